The molecule has 0 bridgehead atoms. The van der Waals surface area contributed by atoms with Gasteiger partial charge in [-0.25, -0.2) is 4.98 Å². The fraction of sp³-hybridized carbons (Fsp3) is 0.368. The highest BCUT2D eigenvalue weighted by atomic mass is 32.1. The van der Waals surface area contributed by atoms with Gasteiger partial charge in [0.25, 0.3) is 5.91 Å². The lowest BCUT2D eigenvalue weighted by molar-refractivity contribution is 0.0641. The van der Waals surface area contributed by atoms with Crippen molar-refractivity contribution in [3.63, 3.8) is 0 Å². The lowest BCUT2D eigenvalue weighted by Crippen LogP contribution is -2.41. The van der Waals surface area contributed by atoms with E-state index in [-0.39, 0.29) is 5.91 Å². The molecule has 0 N–H and O–H groups in total. The molecule has 3 nitrogen and oxygen atoms in total. The molecule has 23 heavy (non-hydrogen) atoms. The molecule has 0 saturated carbocycles. The Labute approximate surface area is 139 Å². The number of pyridine rings is 1. The molecule has 0 radical (unpaired) electrons. The second kappa shape index (κ2) is 5.60. The number of carbonyl (C=O) groups excluding carboxylic acids is 1. The van der Waals surface area contributed by atoms with Gasteiger partial charge in [0.05, 0.1) is 10.4 Å². The van der Waals surface area contributed by atoms with Gasteiger partial charge in [-0.3, -0.25) is 4.79 Å². The molecule has 0 unspecified atom stereocenters. The van der Waals surface area contributed by atoms with Crippen molar-refractivity contribution in [2.24, 2.45) is 0 Å². The molecule has 1 fully saturated rings. The maximum absolute atomic E-state index is 12.8. The zero-order chi connectivity index (χ0) is 16.0. The van der Waals surface area contributed by atoms with Crippen molar-refractivity contribution in [3.8, 4) is 0 Å². The van der Waals surface area contributed by atoms with E-state index >= 15 is 0 Å². The predicted molar refractivity (Wildman–Crippen MR) is 96.2 cm³/mol. The smallest absolute Gasteiger partial charge is 0.264 e. The van der Waals surface area contributed by atoms with Gasteiger partial charge in [-0.2, -0.15) is 0 Å². The first kappa shape index (κ1) is 14.6. The molecule has 3 aromatic rings. The number of aryl methyl sites for hydroxylation is 1. The van der Waals surface area contributed by atoms with Gasteiger partial charge in [0.15, 0.2) is 0 Å². The second-order valence-corrected chi connectivity index (χ2v) is 7.56. The van der Waals surface area contributed by atoms with Crippen LogP contribution < -0.4 is 0 Å². The second-order valence-electron chi connectivity index (χ2n) is 6.53. The number of amides is 1. The molecule has 118 valence electrons. The van der Waals surface area contributed by atoms with E-state index in [4.69, 9.17) is 4.98 Å². The van der Waals surface area contributed by atoms with Crippen LogP contribution in [0.3, 0.4) is 0 Å². The summed E-state index contributed by atoms with van der Waals surface area (Å²) in [6.07, 6.45) is 3.45. The van der Waals surface area contributed by atoms with Gasteiger partial charge in [0.2, 0.25) is 0 Å². The van der Waals surface area contributed by atoms with Crippen molar-refractivity contribution in [3.05, 3.63) is 40.8 Å². The summed E-state index contributed by atoms with van der Waals surface area (Å²) in [7, 11) is 0. The molecule has 0 aliphatic carbocycles. The summed E-state index contributed by atoms with van der Waals surface area (Å²) in [6.45, 7) is 5.12. The van der Waals surface area contributed by atoms with Crippen molar-refractivity contribution in [2.75, 3.05) is 6.54 Å². The van der Waals surface area contributed by atoms with Gasteiger partial charge in [-0.05, 0) is 57.4 Å². The van der Waals surface area contributed by atoms with Gasteiger partial charge < -0.3 is 4.90 Å². The normalized spacial score (nSPS) is 18.7. The number of thiophene rings is 1. The van der Waals surface area contributed by atoms with Gasteiger partial charge in [0.1, 0.15) is 4.83 Å². The SMILES string of the molecule is Cc1ccc2nc3sc(C(=O)N4CCCC[C@@H]4C)cc3cc2c1. The Morgan fingerprint density at radius 2 is 2.09 bits per heavy atom. The number of hydrogen-bond acceptors (Lipinski definition) is 3. The van der Waals surface area contributed by atoms with Gasteiger partial charge >= 0.3 is 0 Å². The minimum Gasteiger partial charge on any atom is -0.335 e. The van der Waals surface area contributed by atoms with Crippen LogP contribution >= 0.6 is 11.3 Å². The van der Waals surface area contributed by atoms with Crippen LogP contribution in [0.4, 0.5) is 0 Å². The zero-order valence-electron chi connectivity index (χ0n) is 13.5. The average Bonchev–Trinajstić information content (AvgIpc) is 2.95. The third kappa shape index (κ3) is 2.61. The minimum atomic E-state index is 0.167. The highest BCUT2D eigenvalue weighted by Gasteiger charge is 2.25. The van der Waals surface area contributed by atoms with Crippen LogP contribution in [0.25, 0.3) is 21.1 Å². The molecule has 4 heteroatoms. The maximum Gasteiger partial charge on any atom is 0.264 e. The first-order chi connectivity index (χ1) is 11.1. The Hall–Kier alpha value is -1.94. The summed E-state index contributed by atoms with van der Waals surface area (Å²) in [5, 5.41) is 2.21. The fourth-order valence-electron chi connectivity index (χ4n) is 3.40. The van der Waals surface area contributed by atoms with Crippen LogP contribution in [-0.4, -0.2) is 28.4 Å². The van der Waals surface area contributed by atoms with Crippen LogP contribution in [0.2, 0.25) is 0 Å². The lowest BCUT2D eigenvalue weighted by atomic mass is 10.0. The number of likely N-dealkylation sites (tertiary alicyclic amines) is 1. The average molecular weight is 324 g/mol. The van der Waals surface area contributed by atoms with E-state index in [2.05, 4.69) is 38.1 Å². The van der Waals surface area contributed by atoms with Crippen LogP contribution in [0.15, 0.2) is 30.3 Å². The van der Waals surface area contributed by atoms with Crippen LogP contribution in [0.5, 0.6) is 0 Å². The number of hydrogen-bond donors (Lipinski definition) is 0. The minimum absolute atomic E-state index is 0.167. The van der Waals surface area contributed by atoms with E-state index in [0.29, 0.717) is 6.04 Å². The van der Waals surface area contributed by atoms with Gasteiger partial charge in [0, 0.05) is 23.4 Å². The molecule has 0 spiro atoms. The number of nitrogens with zero attached hydrogens (tertiary/aromatic N) is 2. The number of fused-ring (bicyclic) bond motifs is 2. The summed E-state index contributed by atoms with van der Waals surface area (Å²) in [6, 6.07) is 10.8. The van der Waals surface area contributed by atoms with E-state index < -0.39 is 0 Å². The topological polar surface area (TPSA) is 33.2 Å². The molecular weight excluding hydrogens is 304 g/mol. The third-order valence-electron chi connectivity index (χ3n) is 4.73. The number of aromatic nitrogens is 1. The summed E-state index contributed by atoms with van der Waals surface area (Å²) < 4.78 is 0. The summed E-state index contributed by atoms with van der Waals surface area (Å²) in [5.41, 5.74) is 2.22. The predicted octanol–water partition coefficient (Wildman–Crippen LogP) is 4.77. The first-order valence-corrected chi connectivity index (χ1v) is 9.05. The Bertz CT molecular complexity index is 899. The molecule has 1 atom stereocenters. The van der Waals surface area contributed by atoms with Crippen LogP contribution in [-0.2, 0) is 0 Å². The number of rotatable bonds is 1. The van der Waals surface area contributed by atoms with Crippen LogP contribution in [0.1, 0.15) is 41.4 Å². The molecule has 1 aliphatic rings. The Kier molecular flexibility index (Phi) is 3.57. The molecule has 1 aromatic carbocycles. The van der Waals surface area contributed by atoms with E-state index in [1.807, 2.05) is 11.0 Å². The van der Waals surface area contributed by atoms with Crippen molar-refractivity contribution in [1.29, 1.82) is 0 Å². The van der Waals surface area contributed by atoms with Gasteiger partial charge in [-0.15, -0.1) is 11.3 Å². The quantitative estimate of drug-likeness (QED) is 0.646. The van der Waals surface area contributed by atoms with Crippen molar-refractivity contribution in [2.45, 2.75) is 39.2 Å². The molecule has 2 aromatic heterocycles. The molecule has 4 rings (SSSR count). The number of piperidine rings is 1. The Morgan fingerprint density at radius 3 is 2.91 bits per heavy atom. The lowest BCUT2D eigenvalue weighted by Gasteiger charge is -2.33. The highest BCUT2D eigenvalue weighted by molar-refractivity contribution is 7.20. The molecule has 1 amide bonds. The van der Waals surface area contributed by atoms with E-state index in [0.717, 1.165) is 45.4 Å². The first-order valence-electron chi connectivity index (χ1n) is 8.24. The van der Waals surface area contributed by atoms with Crippen LogP contribution in [0, 0.1) is 6.92 Å². The van der Waals surface area contributed by atoms with Crippen molar-refractivity contribution >= 4 is 38.4 Å². The largest absolute Gasteiger partial charge is 0.335 e. The summed E-state index contributed by atoms with van der Waals surface area (Å²) >= 11 is 1.52. The number of benzene rings is 1. The van der Waals surface area contributed by atoms with E-state index in [1.54, 1.807) is 0 Å². The van der Waals surface area contributed by atoms with Crippen molar-refractivity contribution in [1.82, 2.24) is 9.88 Å². The summed E-state index contributed by atoms with van der Waals surface area (Å²) in [4.78, 5) is 21.4. The zero-order valence-corrected chi connectivity index (χ0v) is 14.3. The standard InChI is InChI=1S/C19H20N2OS/c1-12-6-7-16-14(9-12)10-15-11-17(23-18(15)20-16)19(22)21-8-4-3-5-13(21)2/h6-7,9-11,13H,3-5,8H2,1-2H3/t13-/m0/s1. The number of carbonyl (C=O) groups is 1. The van der Waals surface area contributed by atoms with E-state index in [9.17, 15) is 4.79 Å². The Balaban J connectivity index is 1.76. The summed E-state index contributed by atoms with van der Waals surface area (Å²) in [5.74, 6) is 0.167. The van der Waals surface area contributed by atoms with Gasteiger partial charge in [-0.1, -0.05) is 11.6 Å². The maximum atomic E-state index is 12.8. The molecular formula is C19H20N2OS. The monoisotopic (exact) mass is 324 g/mol. The molecule has 1 saturated heterocycles. The Morgan fingerprint density at radius 1 is 1.22 bits per heavy atom. The fourth-order valence-corrected chi connectivity index (χ4v) is 4.38. The van der Waals surface area contributed by atoms with E-state index in [1.165, 1.54) is 23.3 Å². The molecule has 1 aliphatic heterocycles. The highest BCUT2D eigenvalue weighted by Crippen LogP contribution is 2.30. The molecule has 3 heterocycles. The third-order valence-corrected chi connectivity index (χ3v) is 5.76. The van der Waals surface area contributed by atoms with Crippen molar-refractivity contribution < 1.29 is 4.79 Å².